The first kappa shape index (κ1) is 16.1. The molecule has 3 rings (SSSR count). The molecular weight excluding hydrogens is 285 g/mol. The van der Waals surface area contributed by atoms with E-state index < -0.39 is 0 Å². The Bertz CT molecular complexity index is 679. The zero-order valence-corrected chi connectivity index (χ0v) is 14.3. The van der Waals surface area contributed by atoms with Crippen LogP contribution in [0, 0.1) is 0 Å². The van der Waals surface area contributed by atoms with Crippen molar-refractivity contribution in [3.05, 3.63) is 59.7 Å². The van der Waals surface area contributed by atoms with Crippen LogP contribution in [0.15, 0.2) is 48.5 Å². The number of anilines is 1. The number of nitrogens with two attached hydrogens (primary N) is 1. The van der Waals surface area contributed by atoms with Gasteiger partial charge in [-0.25, -0.2) is 0 Å². The Hall–Kier alpha value is -1.78. The molecule has 4 heteroatoms. The quantitative estimate of drug-likeness (QED) is 0.700. The third kappa shape index (κ3) is 3.28. The largest absolute Gasteiger partial charge is 0.494 e. The zero-order valence-electron chi connectivity index (χ0n) is 14.3. The molecule has 2 aromatic rings. The Morgan fingerprint density at radius 2 is 1.48 bits per heavy atom. The summed E-state index contributed by atoms with van der Waals surface area (Å²) in [6.07, 6.45) is 0.870. The summed E-state index contributed by atoms with van der Waals surface area (Å²) < 4.78 is 12.2. The Morgan fingerprint density at radius 3 is 2.04 bits per heavy atom. The molecule has 0 radical (unpaired) electrons. The summed E-state index contributed by atoms with van der Waals surface area (Å²) in [4.78, 5) is 0. The molecule has 0 aromatic heterocycles. The lowest BCUT2D eigenvalue weighted by atomic mass is 9.78. The Morgan fingerprint density at radius 1 is 0.870 bits per heavy atom. The van der Waals surface area contributed by atoms with Gasteiger partial charge in [0.15, 0.2) is 0 Å². The van der Waals surface area contributed by atoms with Crippen molar-refractivity contribution in [1.82, 2.24) is 0 Å². The van der Waals surface area contributed by atoms with Crippen molar-refractivity contribution in [2.75, 3.05) is 5.73 Å². The molecule has 0 unspecified atom stereocenters. The Balaban J connectivity index is 1.73. The van der Waals surface area contributed by atoms with Crippen LogP contribution in [0.4, 0.5) is 5.69 Å². The van der Waals surface area contributed by atoms with E-state index in [0.717, 1.165) is 17.6 Å². The zero-order chi connectivity index (χ0) is 16.7. The van der Waals surface area contributed by atoms with Crippen molar-refractivity contribution in [3.8, 4) is 0 Å². The number of hydrogen-bond acceptors (Lipinski definition) is 3. The predicted octanol–water partition coefficient (Wildman–Crippen LogP) is 3.16. The first-order chi connectivity index (χ1) is 10.8. The molecule has 0 saturated carbocycles. The van der Waals surface area contributed by atoms with Gasteiger partial charge in [0.2, 0.25) is 0 Å². The van der Waals surface area contributed by atoms with Crippen molar-refractivity contribution >= 4 is 18.3 Å². The fourth-order valence-corrected chi connectivity index (χ4v) is 2.71. The Kier molecular flexibility index (Phi) is 3.99. The van der Waals surface area contributed by atoms with Gasteiger partial charge in [-0.2, -0.15) is 0 Å². The molecule has 120 valence electrons. The predicted molar refractivity (Wildman–Crippen MR) is 95.8 cm³/mol. The summed E-state index contributed by atoms with van der Waals surface area (Å²) >= 11 is 0. The molecule has 1 aliphatic heterocycles. The van der Waals surface area contributed by atoms with Crippen molar-refractivity contribution in [2.45, 2.75) is 45.3 Å². The van der Waals surface area contributed by atoms with Crippen LogP contribution in [0.5, 0.6) is 0 Å². The van der Waals surface area contributed by atoms with Crippen LogP contribution in [0.3, 0.4) is 0 Å². The minimum Gasteiger partial charge on any atom is -0.399 e. The maximum Gasteiger partial charge on any atom is 0.494 e. The summed E-state index contributed by atoms with van der Waals surface area (Å²) in [7, 11) is -0.304. The molecule has 0 aliphatic carbocycles. The maximum atomic E-state index is 6.09. The van der Waals surface area contributed by atoms with Crippen LogP contribution in [-0.4, -0.2) is 18.3 Å². The average Bonchev–Trinajstić information content (AvgIpc) is 2.68. The number of rotatable bonds is 3. The maximum absolute atomic E-state index is 6.09. The third-order valence-corrected chi connectivity index (χ3v) is 4.86. The molecule has 0 spiro atoms. The van der Waals surface area contributed by atoms with Gasteiger partial charge in [0.05, 0.1) is 11.2 Å². The lowest BCUT2D eigenvalue weighted by molar-refractivity contribution is 0.00578. The minimum absolute atomic E-state index is 0.304. The van der Waals surface area contributed by atoms with Crippen LogP contribution in [0.2, 0.25) is 0 Å². The van der Waals surface area contributed by atoms with Crippen LogP contribution in [0.25, 0.3) is 0 Å². The van der Waals surface area contributed by atoms with E-state index in [1.165, 1.54) is 11.1 Å². The highest BCUT2D eigenvalue weighted by Gasteiger charge is 2.51. The molecule has 1 fully saturated rings. The standard InChI is InChI=1S/C19H24BNO2/c1-18(2)19(3,4)23-20(22-18)16-10-8-14(9-11-16)12-15-6-5-7-17(21)13-15/h5-11,13H,12,21H2,1-4H3. The van der Waals surface area contributed by atoms with Gasteiger partial charge in [0.1, 0.15) is 0 Å². The molecule has 23 heavy (non-hydrogen) atoms. The van der Waals surface area contributed by atoms with E-state index in [4.69, 9.17) is 15.0 Å². The van der Waals surface area contributed by atoms with Gasteiger partial charge in [-0.3, -0.25) is 0 Å². The third-order valence-electron chi connectivity index (χ3n) is 4.86. The number of hydrogen-bond donors (Lipinski definition) is 1. The van der Waals surface area contributed by atoms with Gasteiger partial charge >= 0.3 is 7.12 Å². The summed E-state index contributed by atoms with van der Waals surface area (Å²) in [5.41, 5.74) is 9.54. The van der Waals surface area contributed by atoms with Crippen molar-refractivity contribution in [1.29, 1.82) is 0 Å². The molecule has 1 saturated heterocycles. The van der Waals surface area contributed by atoms with E-state index in [0.29, 0.717) is 0 Å². The normalized spacial score (nSPS) is 19.0. The fourth-order valence-electron chi connectivity index (χ4n) is 2.71. The fraction of sp³-hybridized carbons (Fsp3) is 0.368. The molecule has 2 aromatic carbocycles. The van der Waals surface area contributed by atoms with Gasteiger partial charge in [-0.15, -0.1) is 0 Å². The molecule has 1 aliphatic rings. The first-order valence-electron chi connectivity index (χ1n) is 8.06. The Labute approximate surface area is 138 Å². The highest BCUT2D eigenvalue weighted by molar-refractivity contribution is 6.62. The van der Waals surface area contributed by atoms with E-state index in [1.54, 1.807) is 0 Å². The molecular formula is C19H24BNO2. The van der Waals surface area contributed by atoms with Gasteiger partial charge < -0.3 is 15.0 Å². The van der Waals surface area contributed by atoms with Crippen LogP contribution >= 0.6 is 0 Å². The summed E-state index contributed by atoms with van der Waals surface area (Å²) in [5, 5.41) is 0. The average molecular weight is 309 g/mol. The highest BCUT2D eigenvalue weighted by atomic mass is 16.7. The molecule has 0 bridgehead atoms. The van der Waals surface area contributed by atoms with E-state index in [1.807, 2.05) is 18.2 Å². The summed E-state index contributed by atoms with van der Waals surface area (Å²) in [6.45, 7) is 8.28. The van der Waals surface area contributed by atoms with E-state index in [9.17, 15) is 0 Å². The smallest absolute Gasteiger partial charge is 0.399 e. The van der Waals surface area contributed by atoms with Crippen molar-refractivity contribution in [3.63, 3.8) is 0 Å². The van der Waals surface area contributed by atoms with Crippen molar-refractivity contribution in [2.24, 2.45) is 0 Å². The van der Waals surface area contributed by atoms with Crippen LogP contribution in [-0.2, 0) is 15.7 Å². The topological polar surface area (TPSA) is 44.5 Å². The van der Waals surface area contributed by atoms with E-state index in [2.05, 4.69) is 58.0 Å². The molecule has 0 atom stereocenters. The molecule has 1 heterocycles. The summed E-state index contributed by atoms with van der Waals surface area (Å²) in [6, 6.07) is 16.4. The van der Waals surface area contributed by atoms with Crippen LogP contribution in [0.1, 0.15) is 38.8 Å². The first-order valence-corrected chi connectivity index (χ1v) is 8.06. The second-order valence-corrected chi connectivity index (χ2v) is 7.25. The molecule has 2 N–H and O–H groups in total. The van der Waals surface area contributed by atoms with Crippen LogP contribution < -0.4 is 11.2 Å². The number of nitrogen functional groups attached to an aromatic ring is 1. The van der Waals surface area contributed by atoms with E-state index >= 15 is 0 Å². The van der Waals surface area contributed by atoms with E-state index in [-0.39, 0.29) is 18.3 Å². The highest BCUT2D eigenvalue weighted by Crippen LogP contribution is 2.36. The second kappa shape index (κ2) is 5.70. The SMILES string of the molecule is CC1(C)OB(c2ccc(Cc3cccc(N)c3)cc2)OC1(C)C. The van der Waals surface area contributed by atoms with Gasteiger partial charge in [-0.1, -0.05) is 36.4 Å². The lowest BCUT2D eigenvalue weighted by Crippen LogP contribution is -2.41. The monoisotopic (exact) mass is 309 g/mol. The van der Waals surface area contributed by atoms with Gasteiger partial charge in [0, 0.05) is 5.69 Å². The minimum atomic E-state index is -0.308. The number of benzene rings is 2. The van der Waals surface area contributed by atoms with Gasteiger partial charge in [0.25, 0.3) is 0 Å². The van der Waals surface area contributed by atoms with Gasteiger partial charge in [-0.05, 0) is 62.8 Å². The molecule has 3 nitrogen and oxygen atoms in total. The second-order valence-electron chi connectivity index (χ2n) is 7.25. The van der Waals surface area contributed by atoms with Crippen molar-refractivity contribution < 1.29 is 9.31 Å². The lowest BCUT2D eigenvalue weighted by Gasteiger charge is -2.32. The molecule has 0 amide bonds. The summed E-state index contributed by atoms with van der Waals surface area (Å²) in [5.74, 6) is 0.